The lowest BCUT2D eigenvalue weighted by atomic mass is 9.80. The maximum Gasteiger partial charge on any atom is 0.159 e. The van der Waals surface area contributed by atoms with E-state index in [1.165, 1.54) is 0 Å². The summed E-state index contributed by atoms with van der Waals surface area (Å²) < 4.78 is 5.92. The normalized spacial score (nSPS) is 21.8. The van der Waals surface area contributed by atoms with Crippen LogP contribution >= 0.6 is 0 Å². The zero-order chi connectivity index (χ0) is 17.4. The van der Waals surface area contributed by atoms with Crippen molar-refractivity contribution in [3.8, 4) is 11.4 Å². The molecule has 0 bridgehead atoms. The Morgan fingerprint density at radius 2 is 2.00 bits per heavy atom. The van der Waals surface area contributed by atoms with E-state index in [9.17, 15) is 0 Å². The minimum absolute atomic E-state index is 0.106. The van der Waals surface area contributed by atoms with E-state index in [0.717, 1.165) is 48.0 Å². The highest BCUT2D eigenvalue weighted by Crippen LogP contribution is 2.40. The zero-order valence-corrected chi connectivity index (χ0v) is 14.4. The number of anilines is 1. The van der Waals surface area contributed by atoms with Gasteiger partial charge >= 0.3 is 0 Å². The maximum atomic E-state index is 5.92. The second-order valence-corrected chi connectivity index (χ2v) is 6.95. The quantitative estimate of drug-likeness (QED) is 0.711. The third-order valence-electron chi connectivity index (χ3n) is 5.28. The van der Waals surface area contributed by atoms with Crippen LogP contribution in [0.25, 0.3) is 11.4 Å². The van der Waals surface area contributed by atoms with Crippen molar-refractivity contribution in [2.75, 3.05) is 24.6 Å². The van der Waals surface area contributed by atoms with Gasteiger partial charge in [0.15, 0.2) is 5.82 Å². The summed E-state index contributed by atoms with van der Waals surface area (Å²) in [4.78, 5) is 20.3. The van der Waals surface area contributed by atoms with Crippen molar-refractivity contribution in [3.63, 3.8) is 0 Å². The Kier molecular flexibility index (Phi) is 3.64. The molecule has 6 nitrogen and oxygen atoms in total. The number of fused-ring (bicyclic) bond motifs is 2. The van der Waals surface area contributed by atoms with Crippen LogP contribution in [-0.4, -0.2) is 39.6 Å². The topological polar surface area (TPSA) is 64.0 Å². The van der Waals surface area contributed by atoms with Crippen molar-refractivity contribution < 1.29 is 4.74 Å². The Balaban J connectivity index is 1.53. The maximum absolute atomic E-state index is 5.92. The molecule has 0 aliphatic carbocycles. The van der Waals surface area contributed by atoms with Gasteiger partial charge < -0.3 is 9.64 Å². The van der Waals surface area contributed by atoms with Crippen LogP contribution in [0, 0.1) is 0 Å². The molecule has 1 fully saturated rings. The Hall–Kier alpha value is -2.86. The molecule has 0 radical (unpaired) electrons. The molecule has 1 atom stereocenters. The van der Waals surface area contributed by atoms with Gasteiger partial charge in [-0.3, -0.25) is 0 Å². The van der Waals surface area contributed by atoms with Crippen LogP contribution in [0.15, 0.2) is 55.1 Å². The van der Waals surface area contributed by atoms with E-state index in [0.29, 0.717) is 13.2 Å². The smallest absolute Gasteiger partial charge is 0.159 e. The fraction of sp³-hybridized carbons (Fsp3) is 0.300. The lowest BCUT2D eigenvalue weighted by Crippen LogP contribution is -2.40. The van der Waals surface area contributed by atoms with Crippen LogP contribution in [0.4, 0.5) is 5.82 Å². The summed E-state index contributed by atoms with van der Waals surface area (Å²) in [5.74, 6) is 1.74. The lowest BCUT2D eigenvalue weighted by molar-refractivity contribution is 0.0557. The molecule has 26 heavy (non-hydrogen) atoms. The second-order valence-electron chi connectivity index (χ2n) is 6.95. The molecule has 4 heterocycles. The van der Waals surface area contributed by atoms with E-state index in [2.05, 4.69) is 32.0 Å². The third kappa shape index (κ3) is 2.54. The second kappa shape index (κ2) is 6.14. The Labute approximate surface area is 151 Å². The molecule has 6 heteroatoms. The van der Waals surface area contributed by atoms with Gasteiger partial charge in [0.2, 0.25) is 0 Å². The number of hydrogen-bond acceptors (Lipinski definition) is 6. The summed E-state index contributed by atoms with van der Waals surface area (Å²) in [5.41, 5.74) is 3.17. The average Bonchev–Trinajstić information content (AvgIpc) is 3.14. The van der Waals surface area contributed by atoms with Crippen LogP contribution in [0.2, 0.25) is 0 Å². The van der Waals surface area contributed by atoms with Gasteiger partial charge in [-0.15, -0.1) is 0 Å². The average molecular weight is 345 g/mol. The SMILES string of the molecule is c1ccc(-c2ncc3c(n2)[C@@]2(CCN(c4ccncn4)C2)COC3)cc1. The highest BCUT2D eigenvalue weighted by Gasteiger charge is 2.45. The number of ether oxygens (including phenoxy) is 1. The summed E-state index contributed by atoms with van der Waals surface area (Å²) >= 11 is 0. The summed E-state index contributed by atoms with van der Waals surface area (Å²) in [7, 11) is 0. The predicted molar refractivity (Wildman–Crippen MR) is 97.7 cm³/mol. The van der Waals surface area contributed by atoms with Gasteiger partial charge in [0, 0.05) is 36.6 Å². The molecule has 5 rings (SSSR count). The van der Waals surface area contributed by atoms with Crippen molar-refractivity contribution >= 4 is 5.82 Å². The van der Waals surface area contributed by atoms with Gasteiger partial charge in [-0.25, -0.2) is 19.9 Å². The van der Waals surface area contributed by atoms with E-state index in [4.69, 9.17) is 9.72 Å². The lowest BCUT2D eigenvalue weighted by Gasteiger charge is -2.34. The molecule has 2 aliphatic heterocycles. The fourth-order valence-electron chi connectivity index (χ4n) is 3.97. The highest BCUT2D eigenvalue weighted by atomic mass is 16.5. The Morgan fingerprint density at radius 3 is 2.85 bits per heavy atom. The summed E-state index contributed by atoms with van der Waals surface area (Å²) in [6.45, 7) is 3.05. The van der Waals surface area contributed by atoms with Crippen LogP contribution in [0.5, 0.6) is 0 Å². The summed E-state index contributed by atoms with van der Waals surface area (Å²) in [6.07, 6.45) is 6.31. The van der Waals surface area contributed by atoms with Gasteiger partial charge in [0.05, 0.1) is 24.3 Å². The Morgan fingerprint density at radius 1 is 1.08 bits per heavy atom. The van der Waals surface area contributed by atoms with Crippen molar-refractivity contribution in [1.29, 1.82) is 0 Å². The minimum atomic E-state index is -0.106. The number of benzene rings is 1. The monoisotopic (exact) mass is 345 g/mol. The van der Waals surface area contributed by atoms with Crippen molar-refractivity contribution in [1.82, 2.24) is 19.9 Å². The van der Waals surface area contributed by atoms with Crippen molar-refractivity contribution in [3.05, 3.63) is 66.4 Å². The first-order valence-electron chi connectivity index (χ1n) is 8.85. The van der Waals surface area contributed by atoms with Crippen LogP contribution < -0.4 is 4.90 Å². The van der Waals surface area contributed by atoms with E-state index in [1.54, 1.807) is 12.5 Å². The fourth-order valence-corrected chi connectivity index (χ4v) is 3.97. The molecule has 2 aromatic heterocycles. The molecule has 1 spiro atoms. The van der Waals surface area contributed by atoms with Crippen molar-refractivity contribution in [2.45, 2.75) is 18.4 Å². The molecular formula is C20H19N5O. The largest absolute Gasteiger partial charge is 0.376 e. The molecule has 0 saturated carbocycles. The summed E-state index contributed by atoms with van der Waals surface area (Å²) in [6, 6.07) is 12.1. The first-order chi connectivity index (χ1) is 12.8. The van der Waals surface area contributed by atoms with Crippen molar-refractivity contribution in [2.24, 2.45) is 0 Å². The molecule has 2 aliphatic rings. The first-order valence-corrected chi connectivity index (χ1v) is 8.85. The predicted octanol–water partition coefficient (Wildman–Crippen LogP) is 2.61. The number of aromatic nitrogens is 4. The van der Waals surface area contributed by atoms with Gasteiger partial charge in [-0.2, -0.15) is 0 Å². The van der Waals surface area contributed by atoms with Crippen LogP contribution in [0.1, 0.15) is 17.7 Å². The standard InChI is InChI=1S/C20H19N5O/c1-2-4-15(5-3-1)19-22-10-16-11-26-13-20(18(16)24-19)7-9-25(12-20)17-6-8-21-14-23-17/h1-6,8,10,14H,7,9,11-13H2/t20-/m1/s1. The molecular weight excluding hydrogens is 326 g/mol. The molecule has 1 aromatic carbocycles. The van der Waals surface area contributed by atoms with E-state index in [1.807, 2.05) is 30.5 Å². The van der Waals surface area contributed by atoms with Gasteiger partial charge in [0.25, 0.3) is 0 Å². The summed E-state index contributed by atoms with van der Waals surface area (Å²) in [5, 5.41) is 0. The molecule has 3 aromatic rings. The van der Waals surface area contributed by atoms with Gasteiger partial charge in [0.1, 0.15) is 12.1 Å². The molecule has 130 valence electrons. The van der Waals surface area contributed by atoms with E-state index in [-0.39, 0.29) is 5.41 Å². The van der Waals surface area contributed by atoms with Gasteiger partial charge in [-0.1, -0.05) is 30.3 Å². The van der Waals surface area contributed by atoms with E-state index >= 15 is 0 Å². The highest BCUT2D eigenvalue weighted by molar-refractivity contribution is 5.55. The molecule has 1 saturated heterocycles. The zero-order valence-electron chi connectivity index (χ0n) is 14.4. The molecule has 0 unspecified atom stereocenters. The number of nitrogens with zero attached hydrogens (tertiary/aromatic N) is 5. The Bertz CT molecular complexity index is 918. The number of rotatable bonds is 2. The van der Waals surface area contributed by atoms with Crippen LogP contribution in [0.3, 0.4) is 0 Å². The third-order valence-corrected chi connectivity index (χ3v) is 5.28. The minimum Gasteiger partial charge on any atom is -0.376 e. The van der Waals surface area contributed by atoms with E-state index < -0.39 is 0 Å². The molecule has 0 amide bonds. The van der Waals surface area contributed by atoms with Crippen LogP contribution in [-0.2, 0) is 16.8 Å². The first kappa shape index (κ1) is 15.4. The molecule has 0 N–H and O–H groups in total. The van der Waals surface area contributed by atoms with Gasteiger partial charge in [-0.05, 0) is 12.5 Å². The number of hydrogen-bond donors (Lipinski definition) is 0.